The number of hydrogen-bond donors (Lipinski definition) is 2. The molecular formula is C14H20ClN3O2. The molecule has 0 bridgehead atoms. The van der Waals surface area contributed by atoms with E-state index < -0.39 is 0 Å². The lowest BCUT2D eigenvalue weighted by atomic mass is 10.2. The Morgan fingerprint density at radius 1 is 1.40 bits per heavy atom. The second-order valence-electron chi connectivity index (χ2n) is 4.64. The van der Waals surface area contributed by atoms with Crippen LogP contribution in [0, 0.1) is 0 Å². The fourth-order valence-corrected chi connectivity index (χ4v) is 2.20. The molecule has 2 rings (SSSR count). The highest BCUT2D eigenvalue weighted by Gasteiger charge is 2.13. The summed E-state index contributed by atoms with van der Waals surface area (Å²) < 4.78 is 5.34. The van der Waals surface area contributed by atoms with E-state index in [0.717, 1.165) is 38.4 Å². The van der Waals surface area contributed by atoms with Crippen molar-refractivity contribution >= 4 is 29.0 Å². The van der Waals surface area contributed by atoms with Crippen molar-refractivity contribution in [2.75, 3.05) is 43.1 Å². The van der Waals surface area contributed by atoms with Crippen LogP contribution in [0.3, 0.4) is 0 Å². The fraction of sp³-hybridized carbons (Fsp3) is 0.500. The van der Waals surface area contributed by atoms with Crippen LogP contribution in [0.2, 0.25) is 5.02 Å². The number of ether oxygens (including phenoxy) is 1. The molecule has 1 heterocycles. The van der Waals surface area contributed by atoms with Gasteiger partial charge in [-0.05, 0) is 24.6 Å². The lowest BCUT2D eigenvalue weighted by Gasteiger charge is -2.29. The van der Waals surface area contributed by atoms with Crippen molar-refractivity contribution in [3.63, 3.8) is 0 Å². The Labute approximate surface area is 124 Å². The van der Waals surface area contributed by atoms with Crippen molar-refractivity contribution < 1.29 is 9.53 Å². The van der Waals surface area contributed by atoms with E-state index >= 15 is 0 Å². The summed E-state index contributed by atoms with van der Waals surface area (Å²) in [6, 6.07) is 5.44. The van der Waals surface area contributed by atoms with Gasteiger partial charge in [0, 0.05) is 25.3 Å². The van der Waals surface area contributed by atoms with Crippen LogP contribution in [0.1, 0.15) is 13.3 Å². The molecule has 0 spiro atoms. The Morgan fingerprint density at radius 2 is 2.15 bits per heavy atom. The average molecular weight is 298 g/mol. The largest absolute Gasteiger partial charge is 0.378 e. The third kappa shape index (κ3) is 4.02. The summed E-state index contributed by atoms with van der Waals surface area (Å²) in [6.07, 6.45) is 0.898. The van der Waals surface area contributed by atoms with Gasteiger partial charge in [-0.2, -0.15) is 0 Å². The van der Waals surface area contributed by atoms with E-state index in [-0.39, 0.29) is 6.03 Å². The predicted molar refractivity (Wildman–Crippen MR) is 81.8 cm³/mol. The Morgan fingerprint density at radius 3 is 2.85 bits per heavy atom. The predicted octanol–water partition coefficient (Wildman–Crippen LogP) is 2.71. The molecule has 1 fully saturated rings. The molecule has 0 unspecified atom stereocenters. The van der Waals surface area contributed by atoms with Crippen LogP contribution in [0.15, 0.2) is 18.2 Å². The molecule has 2 amide bonds. The van der Waals surface area contributed by atoms with Crippen LogP contribution in [-0.4, -0.2) is 38.9 Å². The maximum atomic E-state index is 11.7. The minimum absolute atomic E-state index is 0.229. The van der Waals surface area contributed by atoms with Crippen molar-refractivity contribution in [2.45, 2.75) is 13.3 Å². The van der Waals surface area contributed by atoms with Crippen molar-refractivity contribution in [2.24, 2.45) is 0 Å². The monoisotopic (exact) mass is 297 g/mol. The third-order valence-corrected chi connectivity index (χ3v) is 3.44. The molecule has 1 aromatic rings. The van der Waals surface area contributed by atoms with E-state index in [9.17, 15) is 4.79 Å². The second kappa shape index (κ2) is 7.36. The molecule has 6 heteroatoms. The zero-order valence-corrected chi connectivity index (χ0v) is 12.4. The summed E-state index contributed by atoms with van der Waals surface area (Å²) in [7, 11) is 0. The van der Waals surface area contributed by atoms with E-state index in [2.05, 4.69) is 15.5 Å². The summed E-state index contributed by atoms with van der Waals surface area (Å²) in [6.45, 7) is 5.80. The van der Waals surface area contributed by atoms with Gasteiger partial charge in [-0.1, -0.05) is 18.5 Å². The van der Waals surface area contributed by atoms with Crippen molar-refractivity contribution in [3.8, 4) is 0 Å². The Balaban J connectivity index is 2.05. The highest BCUT2D eigenvalue weighted by Crippen LogP contribution is 2.28. The van der Waals surface area contributed by atoms with E-state index in [1.165, 1.54) is 0 Å². The average Bonchev–Trinajstić information content (AvgIpc) is 2.48. The lowest BCUT2D eigenvalue weighted by molar-refractivity contribution is 0.122. The third-order valence-electron chi connectivity index (χ3n) is 3.11. The quantitative estimate of drug-likeness (QED) is 0.898. The van der Waals surface area contributed by atoms with Gasteiger partial charge in [0.2, 0.25) is 0 Å². The molecule has 0 radical (unpaired) electrons. The van der Waals surface area contributed by atoms with Gasteiger partial charge in [0.1, 0.15) is 0 Å². The number of hydrogen-bond acceptors (Lipinski definition) is 3. The number of anilines is 2. The first-order valence-electron chi connectivity index (χ1n) is 6.88. The topological polar surface area (TPSA) is 53.6 Å². The zero-order valence-electron chi connectivity index (χ0n) is 11.6. The van der Waals surface area contributed by atoms with Gasteiger partial charge < -0.3 is 20.3 Å². The van der Waals surface area contributed by atoms with Crippen molar-refractivity contribution in [1.82, 2.24) is 5.32 Å². The first-order chi connectivity index (χ1) is 9.70. The highest BCUT2D eigenvalue weighted by atomic mass is 35.5. The zero-order chi connectivity index (χ0) is 14.4. The van der Waals surface area contributed by atoms with E-state index in [1.54, 1.807) is 0 Å². The van der Waals surface area contributed by atoms with Crippen LogP contribution in [0.4, 0.5) is 16.2 Å². The second-order valence-corrected chi connectivity index (χ2v) is 5.05. The molecule has 0 atom stereocenters. The standard InChI is InChI=1S/C14H20ClN3O2/c1-2-5-16-14(19)17-13-10-11(3-4-12(13)15)18-6-8-20-9-7-18/h3-4,10H,2,5-9H2,1H3,(H2,16,17,19). The van der Waals surface area contributed by atoms with Gasteiger partial charge in [0.15, 0.2) is 0 Å². The molecular weight excluding hydrogens is 278 g/mol. The first kappa shape index (κ1) is 14.9. The normalized spacial score (nSPS) is 15.0. The van der Waals surface area contributed by atoms with E-state index in [4.69, 9.17) is 16.3 Å². The number of nitrogens with zero attached hydrogens (tertiary/aromatic N) is 1. The minimum Gasteiger partial charge on any atom is -0.378 e. The molecule has 1 aromatic carbocycles. The molecule has 2 N–H and O–H groups in total. The van der Waals surface area contributed by atoms with Gasteiger partial charge in [-0.15, -0.1) is 0 Å². The van der Waals surface area contributed by atoms with E-state index in [1.807, 2.05) is 25.1 Å². The number of carbonyl (C=O) groups is 1. The Kier molecular flexibility index (Phi) is 5.49. The van der Waals surface area contributed by atoms with E-state index in [0.29, 0.717) is 17.3 Å². The molecule has 1 aliphatic rings. The molecule has 1 aliphatic heterocycles. The number of carbonyl (C=O) groups excluding carboxylic acids is 1. The Hall–Kier alpha value is -1.46. The number of morpholine rings is 1. The molecule has 0 saturated carbocycles. The van der Waals surface area contributed by atoms with Crippen molar-refractivity contribution in [3.05, 3.63) is 23.2 Å². The summed E-state index contributed by atoms with van der Waals surface area (Å²) in [5.41, 5.74) is 1.67. The van der Waals surface area contributed by atoms with Gasteiger partial charge in [-0.3, -0.25) is 0 Å². The number of nitrogens with one attached hydrogen (secondary N) is 2. The van der Waals surface area contributed by atoms with Gasteiger partial charge in [0.05, 0.1) is 23.9 Å². The van der Waals surface area contributed by atoms with Crippen LogP contribution >= 0.6 is 11.6 Å². The smallest absolute Gasteiger partial charge is 0.319 e. The van der Waals surface area contributed by atoms with Gasteiger partial charge in [-0.25, -0.2) is 4.79 Å². The maximum absolute atomic E-state index is 11.7. The fourth-order valence-electron chi connectivity index (χ4n) is 2.03. The molecule has 0 aliphatic carbocycles. The molecule has 0 aromatic heterocycles. The van der Waals surface area contributed by atoms with Crippen LogP contribution < -0.4 is 15.5 Å². The summed E-state index contributed by atoms with van der Waals surface area (Å²) >= 11 is 6.13. The maximum Gasteiger partial charge on any atom is 0.319 e. The highest BCUT2D eigenvalue weighted by molar-refractivity contribution is 6.33. The number of halogens is 1. The molecule has 110 valence electrons. The number of amides is 2. The minimum atomic E-state index is -0.229. The van der Waals surface area contributed by atoms with Crippen molar-refractivity contribution in [1.29, 1.82) is 0 Å². The van der Waals surface area contributed by atoms with Crippen LogP contribution in [0.5, 0.6) is 0 Å². The van der Waals surface area contributed by atoms with Crippen LogP contribution in [0.25, 0.3) is 0 Å². The summed E-state index contributed by atoms with van der Waals surface area (Å²) in [5.74, 6) is 0. The number of benzene rings is 1. The molecule has 1 saturated heterocycles. The molecule has 20 heavy (non-hydrogen) atoms. The summed E-state index contributed by atoms with van der Waals surface area (Å²) in [5, 5.41) is 6.09. The SMILES string of the molecule is CCCNC(=O)Nc1cc(N2CCOCC2)ccc1Cl. The number of rotatable bonds is 4. The van der Waals surface area contributed by atoms with Gasteiger partial charge in [0.25, 0.3) is 0 Å². The number of urea groups is 1. The Bertz CT molecular complexity index is 462. The molecule has 5 nitrogen and oxygen atoms in total. The van der Waals surface area contributed by atoms with Crippen LogP contribution in [-0.2, 0) is 4.74 Å². The summed E-state index contributed by atoms with van der Waals surface area (Å²) in [4.78, 5) is 13.9. The first-order valence-corrected chi connectivity index (χ1v) is 7.25. The lowest BCUT2D eigenvalue weighted by Crippen LogP contribution is -2.36. The van der Waals surface area contributed by atoms with Gasteiger partial charge >= 0.3 is 6.03 Å².